The minimum atomic E-state index is -0.261. The fourth-order valence-electron chi connectivity index (χ4n) is 3.96. The number of halogens is 1. The average molecular weight is 591 g/mol. The largest absolute Gasteiger partial charge is 0.488 e. The van der Waals surface area contributed by atoms with Crippen LogP contribution in [0, 0.1) is 10.5 Å². The maximum atomic E-state index is 13.1. The van der Waals surface area contributed by atoms with Crippen LogP contribution < -0.4 is 4.74 Å². The molecule has 0 unspecified atom stereocenters. The van der Waals surface area contributed by atoms with Gasteiger partial charge in [0.05, 0.1) is 15.0 Å². The molecule has 0 aliphatic carbocycles. The van der Waals surface area contributed by atoms with Crippen molar-refractivity contribution in [3.8, 4) is 5.75 Å². The molecule has 1 heterocycles. The summed E-state index contributed by atoms with van der Waals surface area (Å²) in [6, 6.07) is 28.0. The van der Waals surface area contributed by atoms with Gasteiger partial charge in [0.2, 0.25) is 0 Å². The van der Waals surface area contributed by atoms with Crippen LogP contribution in [0.5, 0.6) is 5.75 Å². The number of hydrogen-bond acceptors (Lipinski definition) is 4. The molecule has 0 spiro atoms. The van der Waals surface area contributed by atoms with E-state index in [0.29, 0.717) is 11.5 Å². The number of carbonyl (C=O) groups is 2. The summed E-state index contributed by atoms with van der Waals surface area (Å²) < 4.78 is 6.92. The molecular weight excluding hydrogens is 569 g/mol. The number of fused-ring (bicyclic) bond motifs is 1. The summed E-state index contributed by atoms with van der Waals surface area (Å²) in [6.45, 7) is 2.81. The lowest BCUT2D eigenvalue weighted by Crippen LogP contribution is -2.27. The number of rotatable bonds is 6. The second-order valence-corrected chi connectivity index (χ2v) is 10.5. The van der Waals surface area contributed by atoms with E-state index in [1.54, 1.807) is 6.08 Å². The molecule has 0 bridgehead atoms. The first-order chi connectivity index (χ1) is 17.0. The molecule has 5 rings (SSSR count). The summed E-state index contributed by atoms with van der Waals surface area (Å²) in [7, 11) is 0. The molecule has 4 nitrogen and oxygen atoms in total. The lowest BCUT2D eigenvalue weighted by Gasteiger charge is -2.14. The Morgan fingerprint density at radius 1 is 0.943 bits per heavy atom. The maximum absolute atomic E-state index is 13.1. The zero-order chi connectivity index (χ0) is 24.4. The van der Waals surface area contributed by atoms with Crippen LogP contribution in [0.25, 0.3) is 16.8 Å². The molecule has 0 atom stereocenters. The van der Waals surface area contributed by atoms with Crippen LogP contribution in [0.4, 0.5) is 4.79 Å². The van der Waals surface area contributed by atoms with Gasteiger partial charge in [-0.25, -0.2) is 0 Å². The Kier molecular flexibility index (Phi) is 6.92. The van der Waals surface area contributed by atoms with Gasteiger partial charge in [-0.15, -0.1) is 0 Å². The van der Waals surface area contributed by atoms with Gasteiger partial charge < -0.3 is 4.74 Å². The van der Waals surface area contributed by atoms with Crippen LogP contribution in [0.1, 0.15) is 22.3 Å². The van der Waals surface area contributed by atoms with E-state index in [1.165, 1.54) is 10.5 Å². The third-order valence-electron chi connectivity index (χ3n) is 5.85. The number of ether oxygens (including phenoxy) is 1. The first kappa shape index (κ1) is 23.6. The van der Waals surface area contributed by atoms with Gasteiger partial charge >= 0.3 is 0 Å². The fourth-order valence-corrected chi connectivity index (χ4v) is 5.49. The monoisotopic (exact) mass is 591 g/mol. The third-order valence-corrected chi connectivity index (χ3v) is 7.60. The number of benzene rings is 4. The molecule has 1 fully saturated rings. The number of thioether (sulfide) groups is 1. The van der Waals surface area contributed by atoms with Crippen LogP contribution in [0.15, 0.2) is 89.8 Å². The Labute approximate surface area is 222 Å². The van der Waals surface area contributed by atoms with Crippen molar-refractivity contribution in [1.82, 2.24) is 4.90 Å². The van der Waals surface area contributed by atoms with Crippen molar-refractivity contribution in [3.05, 3.63) is 116 Å². The quantitative estimate of drug-likeness (QED) is 0.172. The van der Waals surface area contributed by atoms with E-state index < -0.39 is 0 Å². The molecule has 2 amide bonds. The van der Waals surface area contributed by atoms with Crippen molar-refractivity contribution in [3.63, 3.8) is 0 Å². The molecular formula is C29H22INO3S. The standard InChI is InChI=1S/C29H22INO3S/c1-19-9-11-20(12-10-19)18-34-26-14-13-21(15-25(26)30)16-27-28(32)31(29(33)35-27)17-23-7-4-6-22-5-2-3-8-24(22)23/h2-16H,17-18H2,1H3/b27-16+. The lowest BCUT2D eigenvalue weighted by atomic mass is 10.0. The minimum Gasteiger partial charge on any atom is -0.488 e. The van der Waals surface area contributed by atoms with E-state index in [2.05, 4.69) is 53.8 Å². The van der Waals surface area contributed by atoms with Crippen molar-refractivity contribution in [2.45, 2.75) is 20.1 Å². The number of nitrogens with zero attached hydrogens (tertiary/aromatic N) is 1. The van der Waals surface area contributed by atoms with E-state index in [-0.39, 0.29) is 17.7 Å². The second-order valence-electron chi connectivity index (χ2n) is 8.37. The van der Waals surface area contributed by atoms with Gasteiger partial charge in [0.25, 0.3) is 11.1 Å². The smallest absolute Gasteiger partial charge is 0.293 e. The Morgan fingerprint density at radius 2 is 1.71 bits per heavy atom. The average Bonchev–Trinajstić information content (AvgIpc) is 3.12. The van der Waals surface area contributed by atoms with Gasteiger partial charge in [-0.2, -0.15) is 0 Å². The molecule has 6 heteroatoms. The molecule has 35 heavy (non-hydrogen) atoms. The van der Waals surface area contributed by atoms with Crippen LogP contribution in [0.3, 0.4) is 0 Å². The molecule has 0 N–H and O–H groups in total. The number of hydrogen-bond donors (Lipinski definition) is 0. The summed E-state index contributed by atoms with van der Waals surface area (Å²) >= 11 is 3.22. The third kappa shape index (κ3) is 5.28. The first-order valence-electron chi connectivity index (χ1n) is 11.2. The Hall–Kier alpha value is -3.10. The van der Waals surface area contributed by atoms with Gasteiger partial charge in [0.15, 0.2) is 0 Å². The molecule has 1 aliphatic rings. The van der Waals surface area contributed by atoms with Crippen molar-refractivity contribution in [2.75, 3.05) is 0 Å². The minimum absolute atomic E-state index is 0.248. The molecule has 174 valence electrons. The zero-order valence-corrected chi connectivity index (χ0v) is 22.0. The van der Waals surface area contributed by atoms with Gasteiger partial charge in [-0.1, -0.05) is 78.4 Å². The van der Waals surface area contributed by atoms with Crippen LogP contribution in [-0.4, -0.2) is 16.0 Å². The van der Waals surface area contributed by atoms with Crippen molar-refractivity contribution >= 4 is 62.3 Å². The molecule has 1 aliphatic heterocycles. The number of aryl methyl sites for hydroxylation is 1. The van der Waals surface area contributed by atoms with Gasteiger partial charge in [0, 0.05) is 0 Å². The highest BCUT2D eigenvalue weighted by atomic mass is 127. The summed E-state index contributed by atoms with van der Waals surface area (Å²) in [6.07, 6.45) is 1.78. The number of carbonyl (C=O) groups excluding carboxylic acids is 2. The van der Waals surface area contributed by atoms with E-state index in [0.717, 1.165) is 48.5 Å². The Balaban J connectivity index is 1.30. The number of imide groups is 1. The molecule has 0 aromatic heterocycles. The summed E-state index contributed by atoms with van der Waals surface area (Å²) in [5.74, 6) is 0.523. The van der Waals surface area contributed by atoms with E-state index >= 15 is 0 Å². The Morgan fingerprint density at radius 3 is 2.51 bits per heavy atom. The van der Waals surface area contributed by atoms with E-state index in [1.807, 2.05) is 60.7 Å². The molecule has 0 saturated carbocycles. The van der Waals surface area contributed by atoms with Crippen molar-refractivity contribution < 1.29 is 14.3 Å². The van der Waals surface area contributed by atoms with Crippen LogP contribution in [-0.2, 0) is 17.9 Å². The number of amides is 2. The predicted octanol–water partition coefficient (Wildman–Crippen LogP) is 7.57. The summed E-state index contributed by atoms with van der Waals surface area (Å²) in [4.78, 5) is 27.5. The molecule has 4 aromatic carbocycles. The van der Waals surface area contributed by atoms with Crippen molar-refractivity contribution in [1.29, 1.82) is 0 Å². The lowest BCUT2D eigenvalue weighted by molar-refractivity contribution is -0.123. The zero-order valence-electron chi connectivity index (χ0n) is 19.0. The first-order valence-corrected chi connectivity index (χ1v) is 13.1. The predicted molar refractivity (Wildman–Crippen MR) is 150 cm³/mol. The highest BCUT2D eigenvalue weighted by Gasteiger charge is 2.35. The molecule has 0 radical (unpaired) electrons. The van der Waals surface area contributed by atoms with Crippen LogP contribution >= 0.6 is 34.4 Å². The topological polar surface area (TPSA) is 46.6 Å². The highest BCUT2D eigenvalue weighted by Crippen LogP contribution is 2.35. The van der Waals surface area contributed by atoms with Crippen molar-refractivity contribution in [2.24, 2.45) is 0 Å². The summed E-state index contributed by atoms with van der Waals surface area (Å²) in [5, 5.41) is 1.89. The molecule has 1 saturated heterocycles. The Bertz CT molecular complexity index is 1460. The second kappa shape index (κ2) is 10.3. The highest BCUT2D eigenvalue weighted by molar-refractivity contribution is 14.1. The van der Waals surface area contributed by atoms with Crippen LogP contribution in [0.2, 0.25) is 0 Å². The van der Waals surface area contributed by atoms with Gasteiger partial charge in [-0.3, -0.25) is 14.5 Å². The normalized spacial score (nSPS) is 14.8. The van der Waals surface area contributed by atoms with Gasteiger partial charge in [0.1, 0.15) is 12.4 Å². The van der Waals surface area contributed by atoms with E-state index in [4.69, 9.17) is 4.74 Å². The molecule has 4 aromatic rings. The maximum Gasteiger partial charge on any atom is 0.293 e. The van der Waals surface area contributed by atoms with Gasteiger partial charge in [-0.05, 0) is 86.9 Å². The summed E-state index contributed by atoms with van der Waals surface area (Å²) in [5.41, 5.74) is 4.13. The van der Waals surface area contributed by atoms with E-state index in [9.17, 15) is 9.59 Å². The fraction of sp³-hybridized carbons (Fsp3) is 0.103. The SMILES string of the molecule is Cc1ccc(COc2ccc(/C=C3/SC(=O)N(Cc4cccc5ccccc45)C3=O)cc2I)cc1.